The van der Waals surface area contributed by atoms with Crippen LogP contribution in [0.15, 0.2) is 66.7 Å². The van der Waals surface area contributed by atoms with Gasteiger partial charge in [-0.1, -0.05) is 50.6 Å². The molecule has 3 aromatic heterocycles. The van der Waals surface area contributed by atoms with Gasteiger partial charge in [0.15, 0.2) is 5.13 Å². The number of thiazole rings is 2. The van der Waals surface area contributed by atoms with Gasteiger partial charge in [0.25, 0.3) is 5.91 Å². The molecule has 4 heterocycles. The quantitative estimate of drug-likeness (QED) is 0.115. The molecule has 58 heavy (non-hydrogen) atoms. The minimum absolute atomic E-state index is 0.00405. The van der Waals surface area contributed by atoms with Crippen LogP contribution in [0.5, 0.6) is 11.6 Å². The molecule has 2 saturated carbocycles. The lowest BCUT2D eigenvalue weighted by atomic mass is 9.85. The molecule has 14 nitrogen and oxygen atoms in total. The number of hydrogen-bond donors (Lipinski definition) is 3. The normalized spacial score (nSPS) is 22.4. The molecule has 3 N–H and O–H groups in total. The number of para-hydroxylation sites is 1. The van der Waals surface area contributed by atoms with Gasteiger partial charge in [0, 0.05) is 33.5 Å². The molecule has 3 amide bonds. The highest BCUT2D eigenvalue weighted by Gasteiger charge is 2.62. The maximum atomic E-state index is 14.9. The summed E-state index contributed by atoms with van der Waals surface area (Å²) in [4.78, 5) is 58.5. The summed E-state index contributed by atoms with van der Waals surface area (Å²) >= 11 is 9.26. The Balaban J connectivity index is 1.09. The van der Waals surface area contributed by atoms with E-state index < -0.39 is 68.1 Å². The van der Waals surface area contributed by atoms with Crippen LogP contribution in [0.2, 0.25) is 5.02 Å². The van der Waals surface area contributed by atoms with Crippen LogP contribution in [-0.4, -0.2) is 88.6 Å². The van der Waals surface area contributed by atoms with Gasteiger partial charge in [-0.15, -0.1) is 29.3 Å². The predicted molar refractivity (Wildman–Crippen MR) is 225 cm³/mol. The number of ether oxygens (including phenoxy) is 2. The maximum Gasteiger partial charge on any atom is 0.259 e. The standard InChI is InChI=1S/C40H42ClN7O7S3/c1-6-21-17-40(21,37(51)47-58(52,53)24-12-13-24)46-33(49)29-16-23(55-34-26-15-22(41)11-14-25(26)30(54-5)18-42-34)19-48(29)36(50)32(39(2,3)4)45-38-44-28(20-56-38)35-43-27-9-7-8-10-31(27)57-35/h6-11,14-15,18,20-21,23-24,29,32H,1,12-13,16-17,19H2,2-5H3,(H,44,45)(H,46,49)(H,47,51)/t21-,23-,29+,32-,40-/m1/s1. The van der Waals surface area contributed by atoms with Gasteiger partial charge < -0.3 is 25.0 Å². The molecule has 5 atom stereocenters. The number of nitrogens with one attached hydrogen (secondary N) is 3. The van der Waals surface area contributed by atoms with Crippen molar-refractivity contribution in [2.45, 2.75) is 75.4 Å². The summed E-state index contributed by atoms with van der Waals surface area (Å²) in [5, 5.41) is 10.5. The van der Waals surface area contributed by atoms with E-state index in [1.165, 1.54) is 47.0 Å². The predicted octanol–water partition coefficient (Wildman–Crippen LogP) is 6.17. The molecular weight excluding hydrogens is 822 g/mol. The molecule has 3 fully saturated rings. The molecule has 2 aromatic carbocycles. The molecule has 2 aliphatic carbocycles. The first-order chi connectivity index (χ1) is 27.6. The summed E-state index contributed by atoms with van der Waals surface area (Å²) in [6.07, 6.45) is 3.46. The maximum absolute atomic E-state index is 14.9. The highest BCUT2D eigenvalue weighted by atomic mass is 35.5. The number of benzene rings is 2. The lowest BCUT2D eigenvalue weighted by Crippen LogP contribution is -2.58. The van der Waals surface area contributed by atoms with Gasteiger partial charge in [0.05, 0.1) is 35.3 Å². The molecule has 1 saturated heterocycles. The molecular formula is C40H42ClN7O7S3. The first kappa shape index (κ1) is 40.0. The van der Waals surface area contributed by atoms with Crippen molar-refractivity contribution in [3.05, 3.63) is 71.7 Å². The third-order valence-electron chi connectivity index (χ3n) is 10.8. The van der Waals surface area contributed by atoms with Crippen LogP contribution in [0, 0.1) is 11.3 Å². The number of hydrogen-bond acceptors (Lipinski definition) is 13. The number of aromatic nitrogens is 3. The Kier molecular flexibility index (Phi) is 10.4. The number of likely N-dealkylation sites (tertiary alicyclic amines) is 1. The largest absolute Gasteiger partial charge is 0.494 e. The van der Waals surface area contributed by atoms with Crippen LogP contribution in [0.4, 0.5) is 5.13 Å². The van der Waals surface area contributed by atoms with Gasteiger partial charge in [0.2, 0.25) is 27.7 Å². The van der Waals surface area contributed by atoms with E-state index in [0.29, 0.717) is 45.2 Å². The van der Waals surface area contributed by atoms with Crippen molar-refractivity contribution in [3.8, 4) is 22.3 Å². The summed E-state index contributed by atoms with van der Waals surface area (Å²) < 4.78 is 40.8. The lowest BCUT2D eigenvalue weighted by molar-refractivity contribution is -0.141. The molecule has 304 valence electrons. The van der Waals surface area contributed by atoms with E-state index in [2.05, 4.69) is 26.9 Å². The lowest BCUT2D eigenvalue weighted by Gasteiger charge is -2.35. The van der Waals surface area contributed by atoms with Crippen LogP contribution in [0.25, 0.3) is 31.7 Å². The molecule has 8 rings (SSSR count). The number of sulfonamides is 1. The Bertz CT molecular complexity index is 2540. The fourth-order valence-corrected chi connectivity index (χ4v) is 10.6. The topological polar surface area (TPSA) is 182 Å². The molecule has 18 heteroatoms. The molecule has 0 bridgehead atoms. The monoisotopic (exact) mass is 863 g/mol. The highest BCUT2D eigenvalue weighted by Crippen LogP contribution is 2.46. The molecule has 0 spiro atoms. The van der Waals surface area contributed by atoms with Crippen molar-refractivity contribution < 1.29 is 32.3 Å². The number of anilines is 1. The van der Waals surface area contributed by atoms with Crippen molar-refractivity contribution in [2.75, 3.05) is 19.0 Å². The van der Waals surface area contributed by atoms with Gasteiger partial charge in [-0.25, -0.2) is 23.4 Å². The van der Waals surface area contributed by atoms with E-state index in [9.17, 15) is 22.8 Å². The van der Waals surface area contributed by atoms with Crippen LogP contribution in [0.3, 0.4) is 0 Å². The van der Waals surface area contributed by atoms with Crippen LogP contribution >= 0.6 is 34.3 Å². The molecule has 0 unspecified atom stereocenters. The van der Waals surface area contributed by atoms with Crippen molar-refractivity contribution in [1.29, 1.82) is 0 Å². The number of pyridine rings is 1. The van der Waals surface area contributed by atoms with Gasteiger partial charge in [-0.3, -0.25) is 19.1 Å². The first-order valence-corrected chi connectivity index (χ1v) is 22.4. The zero-order chi connectivity index (χ0) is 41.1. The number of methoxy groups -OCH3 is 1. The van der Waals surface area contributed by atoms with Crippen LogP contribution in [-0.2, 0) is 24.4 Å². The zero-order valence-electron chi connectivity index (χ0n) is 32.2. The summed E-state index contributed by atoms with van der Waals surface area (Å²) in [5.41, 5.74) is -0.670. The highest BCUT2D eigenvalue weighted by molar-refractivity contribution is 7.91. The fraction of sp³-hybridized carbons (Fsp3) is 0.400. The second-order valence-electron chi connectivity index (χ2n) is 16.0. The summed E-state index contributed by atoms with van der Waals surface area (Å²) in [6, 6.07) is 11.1. The first-order valence-electron chi connectivity index (χ1n) is 18.8. The van der Waals surface area contributed by atoms with Gasteiger partial charge >= 0.3 is 0 Å². The number of carbonyl (C=O) groups excluding carboxylic acids is 3. The third-order valence-corrected chi connectivity index (χ3v) is 14.7. The minimum atomic E-state index is -3.90. The summed E-state index contributed by atoms with van der Waals surface area (Å²) in [6.45, 7) is 9.55. The van der Waals surface area contributed by atoms with Gasteiger partial charge in [0.1, 0.15) is 40.2 Å². The van der Waals surface area contributed by atoms with Crippen molar-refractivity contribution in [3.63, 3.8) is 0 Å². The second-order valence-corrected chi connectivity index (χ2v) is 20.2. The van der Waals surface area contributed by atoms with E-state index in [-0.39, 0.29) is 25.3 Å². The van der Waals surface area contributed by atoms with E-state index >= 15 is 0 Å². The Morgan fingerprint density at radius 2 is 1.90 bits per heavy atom. The van der Waals surface area contributed by atoms with Crippen LogP contribution < -0.4 is 24.8 Å². The number of halogens is 1. The third kappa shape index (κ3) is 7.72. The van der Waals surface area contributed by atoms with Crippen molar-refractivity contribution in [1.82, 2.24) is 29.9 Å². The SMILES string of the molecule is C=C[C@@H]1C[C@]1(NC(=O)[C@@H]1C[C@@H](Oc2ncc(OC)c3ccc(Cl)cc23)CN1C(=O)[C@@H](Nc1nc(-c2nc3ccccc3s2)cs1)C(C)(C)C)C(=O)NS(=O)(=O)C1CC1. The number of amides is 3. The fourth-order valence-electron chi connectivity index (χ4n) is 7.33. The van der Waals surface area contributed by atoms with E-state index in [4.69, 9.17) is 31.0 Å². The summed E-state index contributed by atoms with van der Waals surface area (Å²) in [5.74, 6) is -1.60. The molecule has 0 radical (unpaired) electrons. The minimum Gasteiger partial charge on any atom is -0.494 e. The van der Waals surface area contributed by atoms with Gasteiger partial charge in [-0.2, -0.15) is 0 Å². The Morgan fingerprint density at radius 3 is 2.59 bits per heavy atom. The van der Waals surface area contributed by atoms with E-state index in [1.54, 1.807) is 18.2 Å². The molecule has 3 aliphatic rings. The van der Waals surface area contributed by atoms with Crippen molar-refractivity contribution >= 4 is 88.1 Å². The number of carbonyl (C=O) groups is 3. The Morgan fingerprint density at radius 1 is 1.12 bits per heavy atom. The van der Waals surface area contributed by atoms with E-state index in [1.807, 2.05) is 50.4 Å². The number of nitrogens with zero attached hydrogens (tertiary/aromatic N) is 4. The van der Waals surface area contributed by atoms with E-state index in [0.717, 1.165) is 15.2 Å². The van der Waals surface area contributed by atoms with Crippen LogP contribution in [0.1, 0.15) is 46.5 Å². The number of fused-ring (bicyclic) bond motifs is 2. The molecule has 5 aromatic rings. The Hall–Kier alpha value is -4.84. The average molecular weight is 864 g/mol. The number of rotatable bonds is 13. The smallest absolute Gasteiger partial charge is 0.259 e. The Labute approximate surface area is 348 Å². The van der Waals surface area contributed by atoms with Gasteiger partial charge in [-0.05, 0) is 55.0 Å². The zero-order valence-corrected chi connectivity index (χ0v) is 35.4. The molecule has 1 aliphatic heterocycles. The van der Waals surface area contributed by atoms with Crippen molar-refractivity contribution in [2.24, 2.45) is 11.3 Å². The summed E-state index contributed by atoms with van der Waals surface area (Å²) in [7, 11) is -2.37. The average Bonchev–Trinajstić information content (AvgIpc) is 4.00. The second kappa shape index (κ2) is 15.1.